The van der Waals surface area contributed by atoms with Crippen LogP contribution in [0.15, 0.2) is 46.6 Å². The number of allylic oxidation sites excluding steroid dienone is 1. The van der Waals surface area contributed by atoms with Crippen molar-refractivity contribution in [1.82, 2.24) is 0 Å². The van der Waals surface area contributed by atoms with Gasteiger partial charge in [0.25, 0.3) is 0 Å². The van der Waals surface area contributed by atoms with Gasteiger partial charge in [-0.1, -0.05) is 22.0 Å². The highest BCUT2D eigenvalue weighted by atomic mass is 79.9. The first kappa shape index (κ1) is 13.7. The van der Waals surface area contributed by atoms with E-state index >= 15 is 0 Å². The molecule has 0 radical (unpaired) electrons. The first-order valence-electron chi connectivity index (χ1n) is 6.19. The minimum absolute atomic E-state index is 0.0468. The maximum atomic E-state index is 12.3. The predicted molar refractivity (Wildman–Crippen MR) is 81.7 cm³/mol. The molecule has 0 unspecified atom stereocenters. The summed E-state index contributed by atoms with van der Waals surface area (Å²) in [7, 11) is 1.47. The second kappa shape index (κ2) is 5.26. The van der Waals surface area contributed by atoms with Crippen LogP contribution in [-0.4, -0.2) is 18.0 Å². The third-order valence-corrected chi connectivity index (χ3v) is 3.62. The molecule has 0 fully saturated rings. The molecule has 2 aromatic rings. The topological polar surface area (TPSA) is 55.8 Å². The Balaban J connectivity index is 1.97. The molecule has 2 aromatic carbocycles. The molecule has 0 atom stereocenters. The summed E-state index contributed by atoms with van der Waals surface area (Å²) in [6.45, 7) is 0. The summed E-state index contributed by atoms with van der Waals surface area (Å²) in [5.41, 5.74) is 1.24. The van der Waals surface area contributed by atoms with Gasteiger partial charge < -0.3 is 14.6 Å². The largest absolute Gasteiger partial charge is 0.504 e. The summed E-state index contributed by atoms with van der Waals surface area (Å²) in [5, 5.41) is 9.57. The van der Waals surface area contributed by atoms with Crippen molar-refractivity contribution in [3.8, 4) is 17.2 Å². The first-order chi connectivity index (χ1) is 10.1. The number of rotatable bonds is 2. The lowest BCUT2D eigenvalue weighted by Crippen LogP contribution is -1.98. The Labute approximate surface area is 129 Å². The highest BCUT2D eigenvalue weighted by Crippen LogP contribution is 2.34. The van der Waals surface area contributed by atoms with Gasteiger partial charge >= 0.3 is 0 Å². The van der Waals surface area contributed by atoms with Crippen LogP contribution in [0.5, 0.6) is 17.2 Å². The molecule has 5 heteroatoms. The third kappa shape index (κ3) is 2.52. The summed E-state index contributed by atoms with van der Waals surface area (Å²) in [6.07, 6.45) is 1.62. The second-order valence-electron chi connectivity index (χ2n) is 4.51. The number of methoxy groups -OCH3 is 1. The van der Waals surface area contributed by atoms with E-state index in [0.29, 0.717) is 22.6 Å². The molecular formula is C16H11BrO4. The van der Waals surface area contributed by atoms with Gasteiger partial charge in [0.15, 0.2) is 17.3 Å². The number of carbonyl (C=O) groups is 1. The van der Waals surface area contributed by atoms with E-state index in [1.54, 1.807) is 30.3 Å². The normalized spacial score (nSPS) is 15.0. The minimum Gasteiger partial charge on any atom is -0.504 e. The fraction of sp³-hybridized carbons (Fsp3) is 0.0625. The lowest BCUT2D eigenvalue weighted by Gasteiger charge is -2.04. The molecule has 0 aromatic heterocycles. The van der Waals surface area contributed by atoms with Crippen molar-refractivity contribution in [2.75, 3.05) is 7.11 Å². The zero-order chi connectivity index (χ0) is 15.0. The van der Waals surface area contributed by atoms with Gasteiger partial charge in [-0.2, -0.15) is 0 Å². The smallest absolute Gasteiger partial charge is 0.232 e. The van der Waals surface area contributed by atoms with E-state index in [9.17, 15) is 9.90 Å². The third-order valence-electron chi connectivity index (χ3n) is 3.13. The number of benzene rings is 2. The number of halogens is 1. The molecular weight excluding hydrogens is 336 g/mol. The number of Topliss-reactive ketones (excluding diaryl/α,β-unsaturated/α-hetero) is 1. The van der Waals surface area contributed by atoms with Crippen LogP contribution in [-0.2, 0) is 0 Å². The van der Waals surface area contributed by atoms with Crippen molar-refractivity contribution < 1.29 is 19.4 Å². The number of hydrogen-bond donors (Lipinski definition) is 1. The highest BCUT2D eigenvalue weighted by molar-refractivity contribution is 9.10. The van der Waals surface area contributed by atoms with E-state index in [2.05, 4.69) is 15.9 Å². The predicted octanol–water partition coefficient (Wildman–Crippen LogP) is 3.78. The number of ketones is 1. The van der Waals surface area contributed by atoms with E-state index in [0.717, 1.165) is 4.47 Å². The maximum Gasteiger partial charge on any atom is 0.232 e. The number of ether oxygens (including phenoxy) is 2. The number of hydrogen-bond acceptors (Lipinski definition) is 4. The van der Waals surface area contributed by atoms with Crippen LogP contribution in [0.4, 0.5) is 0 Å². The van der Waals surface area contributed by atoms with E-state index in [-0.39, 0.29) is 17.3 Å². The Kier molecular flexibility index (Phi) is 3.43. The van der Waals surface area contributed by atoms with Crippen molar-refractivity contribution in [2.24, 2.45) is 0 Å². The van der Waals surface area contributed by atoms with Crippen LogP contribution in [0.1, 0.15) is 15.9 Å². The zero-order valence-corrected chi connectivity index (χ0v) is 12.7. The van der Waals surface area contributed by atoms with Crippen molar-refractivity contribution in [3.63, 3.8) is 0 Å². The average Bonchev–Trinajstić information content (AvgIpc) is 2.77. The fourth-order valence-corrected chi connectivity index (χ4v) is 2.46. The zero-order valence-electron chi connectivity index (χ0n) is 11.1. The van der Waals surface area contributed by atoms with Gasteiger partial charge in [0.05, 0.1) is 12.7 Å². The number of fused-ring (bicyclic) bond motifs is 1. The molecule has 1 heterocycles. The van der Waals surface area contributed by atoms with E-state index in [4.69, 9.17) is 9.47 Å². The van der Waals surface area contributed by atoms with Gasteiger partial charge in [-0.3, -0.25) is 4.79 Å². The van der Waals surface area contributed by atoms with E-state index in [1.165, 1.54) is 13.2 Å². The molecule has 4 nitrogen and oxygen atoms in total. The first-order valence-corrected chi connectivity index (χ1v) is 6.98. The van der Waals surface area contributed by atoms with Crippen molar-refractivity contribution in [1.29, 1.82) is 0 Å². The van der Waals surface area contributed by atoms with Gasteiger partial charge in [-0.25, -0.2) is 0 Å². The summed E-state index contributed by atoms with van der Waals surface area (Å²) in [5.74, 6) is 1.01. The Morgan fingerprint density at radius 1 is 1.24 bits per heavy atom. The Morgan fingerprint density at radius 3 is 2.81 bits per heavy atom. The van der Waals surface area contributed by atoms with Gasteiger partial charge in [0.2, 0.25) is 5.78 Å². The maximum absolute atomic E-state index is 12.3. The Bertz CT molecular complexity index is 765. The van der Waals surface area contributed by atoms with Gasteiger partial charge in [-0.15, -0.1) is 0 Å². The van der Waals surface area contributed by atoms with Crippen LogP contribution in [0.3, 0.4) is 0 Å². The molecule has 0 aliphatic carbocycles. The molecule has 0 bridgehead atoms. The molecule has 0 amide bonds. The molecule has 3 rings (SSSR count). The van der Waals surface area contributed by atoms with Crippen molar-refractivity contribution in [2.45, 2.75) is 0 Å². The van der Waals surface area contributed by atoms with Crippen LogP contribution in [0.2, 0.25) is 0 Å². The molecule has 21 heavy (non-hydrogen) atoms. The standard InChI is InChI=1S/C16H11BrO4/c1-20-14-6-9(2-4-12(14)18)7-15-16(19)11-8-10(17)3-5-13(11)21-15/h2-8,18H,1H3/b15-7-. The number of aromatic hydroxyl groups is 1. The summed E-state index contributed by atoms with van der Waals surface area (Å²) < 4.78 is 11.4. The highest BCUT2D eigenvalue weighted by Gasteiger charge is 2.27. The van der Waals surface area contributed by atoms with Gasteiger partial charge in [-0.05, 0) is 42.0 Å². The Morgan fingerprint density at radius 2 is 2.05 bits per heavy atom. The fourth-order valence-electron chi connectivity index (χ4n) is 2.10. The van der Waals surface area contributed by atoms with E-state index in [1.807, 2.05) is 6.07 Å². The van der Waals surface area contributed by atoms with Crippen LogP contribution in [0.25, 0.3) is 6.08 Å². The summed E-state index contributed by atoms with van der Waals surface area (Å²) >= 11 is 3.33. The monoisotopic (exact) mass is 346 g/mol. The van der Waals surface area contributed by atoms with Crippen LogP contribution >= 0.6 is 15.9 Å². The second-order valence-corrected chi connectivity index (χ2v) is 5.43. The molecule has 0 saturated heterocycles. The molecule has 0 saturated carbocycles. The van der Waals surface area contributed by atoms with Crippen LogP contribution < -0.4 is 9.47 Å². The Hall–Kier alpha value is -2.27. The summed E-state index contributed by atoms with van der Waals surface area (Å²) in [6, 6.07) is 10.1. The van der Waals surface area contributed by atoms with E-state index < -0.39 is 0 Å². The van der Waals surface area contributed by atoms with Gasteiger partial charge in [0, 0.05) is 4.47 Å². The molecule has 1 aliphatic rings. The molecule has 1 N–H and O–H groups in total. The van der Waals surface area contributed by atoms with Gasteiger partial charge in [0.1, 0.15) is 5.75 Å². The quantitative estimate of drug-likeness (QED) is 0.840. The number of phenolic OH excluding ortho intramolecular Hbond substituents is 1. The average molecular weight is 347 g/mol. The van der Waals surface area contributed by atoms with Crippen molar-refractivity contribution in [3.05, 3.63) is 57.8 Å². The lowest BCUT2D eigenvalue weighted by molar-refractivity contribution is 0.101. The lowest BCUT2D eigenvalue weighted by atomic mass is 10.1. The SMILES string of the molecule is COc1cc(/C=C2\Oc3ccc(Br)cc3C2=O)ccc1O. The molecule has 0 spiro atoms. The number of carbonyl (C=O) groups excluding carboxylic acids is 1. The van der Waals surface area contributed by atoms with Crippen LogP contribution in [0, 0.1) is 0 Å². The number of phenols is 1. The summed E-state index contributed by atoms with van der Waals surface area (Å²) in [4.78, 5) is 12.3. The molecule has 106 valence electrons. The van der Waals surface area contributed by atoms with Crippen molar-refractivity contribution >= 4 is 27.8 Å². The molecule has 1 aliphatic heterocycles. The minimum atomic E-state index is -0.168.